The highest BCUT2D eigenvalue weighted by atomic mass is 19.1. The number of halogens is 1. The highest BCUT2D eigenvalue weighted by molar-refractivity contribution is 5.44. The molecule has 0 aromatic heterocycles. The van der Waals surface area contributed by atoms with Gasteiger partial charge in [-0.2, -0.15) is 0 Å². The summed E-state index contributed by atoms with van der Waals surface area (Å²) >= 11 is 0. The molecule has 1 N–H and O–H groups in total. The van der Waals surface area contributed by atoms with Crippen LogP contribution in [0.25, 0.3) is 0 Å². The van der Waals surface area contributed by atoms with E-state index in [0.29, 0.717) is 17.7 Å². The Balaban J connectivity index is 3.10. The second kappa shape index (κ2) is 4.81. The van der Waals surface area contributed by atoms with Crippen molar-refractivity contribution in [3.63, 3.8) is 0 Å². The van der Waals surface area contributed by atoms with Crippen molar-refractivity contribution < 1.29 is 19.0 Å². The maximum absolute atomic E-state index is 13.3. The van der Waals surface area contributed by atoms with E-state index in [4.69, 9.17) is 14.6 Å². The van der Waals surface area contributed by atoms with Crippen molar-refractivity contribution in [3.05, 3.63) is 23.5 Å². The number of hydrogen-bond donors (Lipinski definition) is 1. The van der Waals surface area contributed by atoms with Gasteiger partial charge in [0.1, 0.15) is 0 Å². The van der Waals surface area contributed by atoms with Gasteiger partial charge in [0.15, 0.2) is 17.3 Å². The Labute approximate surface area is 82.1 Å². The number of ether oxygens (including phenoxy) is 2. The van der Waals surface area contributed by atoms with E-state index in [0.717, 1.165) is 0 Å². The first-order valence-corrected chi connectivity index (χ1v) is 4.24. The highest BCUT2D eigenvalue weighted by Crippen LogP contribution is 2.31. The fourth-order valence-electron chi connectivity index (χ4n) is 1.24. The average molecular weight is 200 g/mol. The number of aliphatic hydroxyl groups excluding tert-OH is 1. The Bertz CT molecular complexity index is 312. The molecule has 0 radical (unpaired) electrons. The van der Waals surface area contributed by atoms with Crippen LogP contribution in [0.2, 0.25) is 0 Å². The minimum atomic E-state index is -0.477. The van der Waals surface area contributed by atoms with Gasteiger partial charge in [-0.3, -0.25) is 0 Å². The summed E-state index contributed by atoms with van der Waals surface area (Å²) in [5.74, 6) is -0.0413. The third-order valence-corrected chi connectivity index (χ3v) is 1.89. The predicted octanol–water partition coefficient (Wildman–Crippen LogP) is 1.38. The van der Waals surface area contributed by atoms with E-state index < -0.39 is 5.82 Å². The van der Waals surface area contributed by atoms with E-state index >= 15 is 0 Å². The molecular formula is C10H13FO3. The van der Waals surface area contributed by atoms with E-state index in [1.807, 2.05) is 0 Å². The zero-order valence-corrected chi connectivity index (χ0v) is 8.21. The third kappa shape index (κ3) is 2.14. The summed E-state index contributed by atoms with van der Waals surface area (Å²) in [7, 11) is 2.83. The lowest BCUT2D eigenvalue weighted by molar-refractivity contribution is 0.298. The predicted molar refractivity (Wildman–Crippen MR) is 50.3 cm³/mol. The van der Waals surface area contributed by atoms with Crippen molar-refractivity contribution in [1.29, 1.82) is 0 Å². The molecule has 0 atom stereocenters. The topological polar surface area (TPSA) is 38.7 Å². The van der Waals surface area contributed by atoms with Crippen LogP contribution in [0, 0.1) is 5.82 Å². The summed E-state index contributed by atoms with van der Waals surface area (Å²) in [5, 5.41) is 8.71. The zero-order valence-electron chi connectivity index (χ0n) is 8.21. The van der Waals surface area contributed by atoms with Crippen LogP contribution >= 0.6 is 0 Å². The van der Waals surface area contributed by atoms with Gasteiger partial charge in [0.05, 0.1) is 14.2 Å². The fraction of sp³-hybridized carbons (Fsp3) is 0.400. The molecule has 3 nitrogen and oxygen atoms in total. The van der Waals surface area contributed by atoms with Gasteiger partial charge in [0.2, 0.25) is 0 Å². The number of aliphatic hydroxyl groups is 1. The first kappa shape index (κ1) is 10.8. The summed E-state index contributed by atoms with van der Waals surface area (Å²) in [6, 6.07) is 2.98. The first-order valence-electron chi connectivity index (χ1n) is 4.24. The van der Waals surface area contributed by atoms with Crippen molar-refractivity contribution in [2.24, 2.45) is 0 Å². The highest BCUT2D eigenvalue weighted by Gasteiger charge is 2.11. The molecule has 0 aliphatic heterocycles. The van der Waals surface area contributed by atoms with Crippen LogP contribution in [0.15, 0.2) is 12.1 Å². The minimum Gasteiger partial charge on any atom is -0.493 e. The summed E-state index contributed by atoms with van der Waals surface area (Å²) in [4.78, 5) is 0. The molecule has 0 unspecified atom stereocenters. The van der Waals surface area contributed by atoms with Crippen LogP contribution in [-0.4, -0.2) is 25.9 Å². The quantitative estimate of drug-likeness (QED) is 0.798. The van der Waals surface area contributed by atoms with Crippen molar-refractivity contribution in [3.8, 4) is 11.5 Å². The fourth-order valence-corrected chi connectivity index (χ4v) is 1.24. The van der Waals surface area contributed by atoms with Crippen LogP contribution < -0.4 is 9.47 Å². The van der Waals surface area contributed by atoms with Gasteiger partial charge in [-0.25, -0.2) is 4.39 Å². The van der Waals surface area contributed by atoms with Crippen LogP contribution in [0.3, 0.4) is 0 Å². The molecule has 14 heavy (non-hydrogen) atoms. The van der Waals surface area contributed by atoms with Gasteiger partial charge < -0.3 is 14.6 Å². The van der Waals surface area contributed by atoms with Crippen LogP contribution in [0.1, 0.15) is 5.56 Å². The van der Waals surface area contributed by atoms with E-state index in [1.165, 1.54) is 20.3 Å². The molecule has 0 heterocycles. The zero-order chi connectivity index (χ0) is 10.6. The van der Waals surface area contributed by atoms with Crippen molar-refractivity contribution in [2.75, 3.05) is 20.8 Å². The first-order chi connectivity index (χ1) is 6.72. The van der Waals surface area contributed by atoms with E-state index in [-0.39, 0.29) is 12.4 Å². The SMILES string of the molecule is COc1cc(CCO)cc(F)c1OC. The molecular weight excluding hydrogens is 187 g/mol. The summed E-state index contributed by atoms with van der Waals surface area (Å²) < 4.78 is 23.1. The van der Waals surface area contributed by atoms with Crippen molar-refractivity contribution in [2.45, 2.75) is 6.42 Å². The van der Waals surface area contributed by atoms with E-state index in [1.54, 1.807) is 6.07 Å². The van der Waals surface area contributed by atoms with Crippen LogP contribution in [-0.2, 0) is 6.42 Å². The lowest BCUT2D eigenvalue weighted by atomic mass is 10.1. The molecule has 78 valence electrons. The Hall–Kier alpha value is -1.29. The molecule has 1 rings (SSSR count). The molecule has 0 amide bonds. The lowest BCUT2D eigenvalue weighted by Gasteiger charge is -2.10. The largest absolute Gasteiger partial charge is 0.493 e. The summed E-state index contributed by atoms with van der Waals surface area (Å²) in [6.45, 7) is -0.0189. The Morgan fingerprint density at radius 3 is 2.50 bits per heavy atom. The maximum Gasteiger partial charge on any atom is 0.196 e. The third-order valence-electron chi connectivity index (χ3n) is 1.89. The van der Waals surface area contributed by atoms with Crippen molar-refractivity contribution in [1.82, 2.24) is 0 Å². The monoisotopic (exact) mass is 200 g/mol. The van der Waals surface area contributed by atoms with Crippen LogP contribution in [0.5, 0.6) is 11.5 Å². The van der Waals surface area contributed by atoms with Gasteiger partial charge in [-0.1, -0.05) is 0 Å². The number of benzene rings is 1. The molecule has 4 heteroatoms. The molecule has 1 aromatic carbocycles. The van der Waals surface area contributed by atoms with Gasteiger partial charge in [-0.05, 0) is 24.1 Å². The van der Waals surface area contributed by atoms with Gasteiger partial charge in [0.25, 0.3) is 0 Å². The molecule has 0 spiro atoms. The molecule has 0 saturated carbocycles. The summed E-state index contributed by atoms with van der Waals surface area (Å²) in [5.41, 5.74) is 0.683. The minimum absolute atomic E-state index is 0.0189. The normalized spacial score (nSPS) is 10.0. The number of hydrogen-bond acceptors (Lipinski definition) is 3. The van der Waals surface area contributed by atoms with E-state index in [9.17, 15) is 4.39 Å². The molecule has 1 aromatic rings. The van der Waals surface area contributed by atoms with E-state index in [2.05, 4.69) is 0 Å². The lowest BCUT2D eigenvalue weighted by Crippen LogP contribution is -1.98. The number of rotatable bonds is 4. The van der Waals surface area contributed by atoms with Gasteiger partial charge in [0, 0.05) is 6.61 Å². The van der Waals surface area contributed by atoms with Crippen molar-refractivity contribution >= 4 is 0 Å². The number of methoxy groups -OCH3 is 2. The average Bonchev–Trinajstić information content (AvgIpc) is 2.17. The second-order valence-corrected chi connectivity index (χ2v) is 2.79. The standard InChI is InChI=1S/C10H13FO3/c1-13-9-6-7(3-4-12)5-8(11)10(9)14-2/h5-6,12H,3-4H2,1-2H3. The van der Waals surface area contributed by atoms with Crippen LogP contribution in [0.4, 0.5) is 4.39 Å². The van der Waals surface area contributed by atoms with Gasteiger partial charge in [-0.15, -0.1) is 0 Å². The Morgan fingerprint density at radius 1 is 1.29 bits per heavy atom. The molecule has 0 bridgehead atoms. The molecule has 0 fully saturated rings. The molecule has 0 saturated heterocycles. The maximum atomic E-state index is 13.3. The smallest absolute Gasteiger partial charge is 0.196 e. The molecule has 0 aliphatic rings. The second-order valence-electron chi connectivity index (χ2n) is 2.79. The molecule has 0 aliphatic carbocycles. The summed E-state index contributed by atoms with van der Waals surface area (Å²) in [6.07, 6.45) is 0.400. The Kier molecular flexibility index (Phi) is 3.71. The Morgan fingerprint density at radius 2 is 2.00 bits per heavy atom. The van der Waals surface area contributed by atoms with Gasteiger partial charge >= 0.3 is 0 Å².